The molecular weight excluding hydrogens is 326 g/mol. The Morgan fingerprint density at radius 1 is 1.19 bits per heavy atom. The normalized spacial score (nSPS) is 16.5. The number of rotatable bonds is 5. The molecule has 0 aliphatic carbocycles. The van der Waals surface area contributed by atoms with Crippen molar-refractivity contribution < 1.29 is 9.53 Å². The molecule has 0 bridgehead atoms. The standard InChI is InChI=1S/C21H29N3O2/c1-15-12-16(2)20(17(3)13-15)21(25)22-14-19(18-6-5-7-23(18)4)24-8-10-26-11-9-24/h5-7,12-13,19H,8-11,14H2,1-4H3,(H,22,25)/t19-/m1/s1. The van der Waals surface area contributed by atoms with Gasteiger partial charge in [0.1, 0.15) is 0 Å². The van der Waals surface area contributed by atoms with E-state index in [2.05, 4.69) is 59.2 Å². The van der Waals surface area contributed by atoms with Crippen molar-refractivity contribution in [2.75, 3.05) is 32.8 Å². The summed E-state index contributed by atoms with van der Waals surface area (Å²) in [5.74, 6) is 0.00692. The van der Waals surface area contributed by atoms with Gasteiger partial charge in [-0.2, -0.15) is 0 Å². The molecule has 0 spiro atoms. The van der Waals surface area contributed by atoms with Crippen LogP contribution >= 0.6 is 0 Å². The monoisotopic (exact) mass is 355 g/mol. The molecule has 0 radical (unpaired) electrons. The van der Waals surface area contributed by atoms with Crippen molar-refractivity contribution in [1.82, 2.24) is 14.8 Å². The lowest BCUT2D eigenvalue weighted by Gasteiger charge is -2.35. The molecule has 1 saturated heterocycles. The number of amides is 1. The van der Waals surface area contributed by atoms with Gasteiger partial charge in [0.25, 0.3) is 5.91 Å². The molecule has 1 aliphatic rings. The minimum atomic E-state index is 0.00692. The zero-order valence-electron chi connectivity index (χ0n) is 16.2. The number of hydrogen-bond acceptors (Lipinski definition) is 3. The van der Waals surface area contributed by atoms with Crippen LogP contribution in [0, 0.1) is 20.8 Å². The smallest absolute Gasteiger partial charge is 0.251 e. The maximum absolute atomic E-state index is 12.9. The first kappa shape index (κ1) is 18.7. The lowest BCUT2D eigenvalue weighted by Crippen LogP contribution is -2.44. The number of benzene rings is 1. The summed E-state index contributed by atoms with van der Waals surface area (Å²) in [6.07, 6.45) is 2.05. The van der Waals surface area contributed by atoms with Crippen LogP contribution in [-0.2, 0) is 11.8 Å². The fraction of sp³-hybridized carbons (Fsp3) is 0.476. The Balaban J connectivity index is 1.77. The highest BCUT2D eigenvalue weighted by Gasteiger charge is 2.25. The van der Waals surface area contributed by atoms with Gasteiger partial charge >= 0.3 is 0 Å². The van der Waals surface area contributed by atoms with E-state index >= 15 is 0 Å². The summed E-state index contributed by atoms with van der Waals surface area (Å²) in [7, 11) is 2.05. The molecule has 3 rings (SSSR count). The maximum atomic E-state index is 12.9. The predicted molar refractivity (Wildman–Crippen MR) is 104 cm³/mol. The van der Waals surface area contributed by atoms with E-state index in [1.54, 1.807) is 0 Å². The summed E-state index contributed by atoms with van der Waals surface area (Å²) in [4.78, 5) is 15.3. The molecule has 2 heterocycles. The minimum absolute atomic E-state index is 0.00692. The van der Waals surface area contributed by atoms with E-state index < -0.39 is 0 Å². The van der Waals surface area contributed by atoms with Crippen LogP contribution in [0.3, 0.4) is 0 Å². The highest BCUT2D eigenvalue weighted by molar-refractivity contribution is 5.97. The van der Waals surface area contributed by atoms with Gasteiger partial charge in [-0.3, -0.25) is 9.69 Å². The van der Waals surface area contributed by atoms with Gasteiger partial charge in [0.15, 0.2) is 0 Å². The van der Waals surface area contributed by atoms with Crippen molar-refractivity contribution in [1.29, 1.82) is 0 Å². The average Bonchev–Trinajstić information content (AvgIpc) is 3.01. The number of nitrogens with zero attached hydrogens (tertiary/aromatic N) is 2. The third-order valence-corrected chi connectivity index (χ3v) is 5.17. The van der Waals surface area contributed by atoms with Crippen LogP contribution in [0.1, 0.15) is 38.8 Å². The van der Waals surface area contributed by atoms with Gasteiger partial charge in [0.05, 0.1) is 19.3 Å². The van der Waals surface area contributed by atoms with Gasteiger partial charge < -0.3 is 14.6 Å². The zero-order valence-corrected chi connectivity index (χ0v) is 16.2. The fourth-order valence-electron chi connectivity index (χ4n) is 3.95. The van der Waals surface area contributed by atoms with Crippen LogP contribution in [-0.4, -0.2) is 48.2 Å². The lowest BCUT2D eigenvalue weighted by atomic mass is 9.99. The Kier molecular flexibility index (Phi) is 5.79. The number of morpholine rings is 1. The van der Waals surface area contributed by atoms with Gasteiger partial charge in [0, 0.05) is 44.1 Å². The van der Waals surface area contributed by atoms with Crippen LogP contribution in [0.25, 0.3) is 0 Å². The van der Waals surface area contributed by atoms with E-state index in [4.69, 9.17) is 4.74 Å². The number of hydrogen-bond donors (Lipinski definition) is 1. The second-order valence-corrected chi connectivity index (χ2v) is 7.19. The van der Waals surface area contributed by atoms with Crippen LogP contribution in [0.4, 0.5) is 0 Å². The second kappa shape index (κ2) is 8.06. The molecule has 2 aromatic rings. The van der Waals surface area contributed by atoms with Crippen LogP contribution in [0.2, 0.25) is 0 Å². The topological polar surface area (TPSA) is 46.5 Å². The number of carbonyl (C=O) groups is 1. The summed E-state index contributed by atoms with van der Waals surface area (Å²) < 4.78 is 7.63. The zero-order chi connectivity index (χ0) is 18.7. The first-order chi connectivity index (χ1) is 12.5. The largest absolute Gasteiger partial charge is 0.379 e. The van der Waals surface area contributed by atoms with E-state index in [1.165, 1.54) is 11.3 Å². The molecule has 1 fully saturated rings. The third-order valence-electron chi connectivity index (χ3n) is 5.17. The molecule has 5 heteroatoms. The van der Waals surface area contributed by atoms with Crippen molar-refractivity contribution in [3.63, 3.8) is 0 Å². The van der Waals surface area contributed by atoms with Gasteiger partial charge in [0.2, 0.25) is 0 Å². The van der Waals surface area contributed by atoms with Crippen molar-refractivity contribution >= 4 is 5.91 Å². The van der Waals surface area contributed by atoms with E-state index in [0.717, 1.165) is 43.0 Å². The number of ether oxygens (including phenoxy) is 1. The van der Waals surface area contributed by atoms with Crippen molar-refractivity contribution in [3.8, 4) is 0 Å². The lowest BCUT2D eigenvalue weighted by molar-refractivity contribution is 0.0148. The van der Waals surface area contributed by atoms with E-state index in [-0.39, 0.29) is 11.9 Å². The second-order valence-electron chi connectivity index (χ2n) is 7.19. The number of carbonyl (C=O) groups excluding carboxylic acids is 1. The number of aryl methyl sites for hydroxylation is 4. The third kappa shape index (κ3) is 4.00. The minimum Gasteiger partial charge on any atom is -0.379 e. The number of aromatic nitrogens is 1. The molecule has 1 aromatic carbocycles. The summed E-state index contributed by atoms with van der Waals surface area (Å²) in [5.41, 5.74) is 5.25. The summed E-state index contributed by atoms with van der Waals surface area (Å²) in [6, 6.07) is 8.47. The molecule has 1 atom stereocenters. The molecule has 5 nitrogen and oxygen atoms in total. The molecule has 26 heavy (non-hydrogen) atoms. The van der Waals surface area contributed by atoms with E-state index in [1.807, 2.05) is 13.8 Å². The SMILES string of the molecule is Cc1cc(C)c(C(=O)NC[C@H](c2cccn2C)N2CCOCC2)c(C)c1. The van der Waals surface area contributed by atoms with Gasteiger partial charge in [-0.1, -0.05) is 17.7 Å². The van der Waals surface area contributed by atoms with Crippen molar-refractivity contribution in [3.05, 3.63) is 58.4 Å². The Bertz CT molecular complexity index is 752. The summed E-state index contributed by atoms with van der Waals surface area (Å²) in [5, 5.41) is 3.18. The highest BCUT2D eigenvalue weighted by atomic mass is 16.5. The molecule has 1 amide bonds. The molecule has 1 N–H and O–H groups in total. The van der Waals surface area contributed by atoms with Crippen LogP contribution in [0.5, 0.6) is 0 Å². The molecule has 1 aliphatic heterocycles. The maximum Gasteiger partial charge on any atom is 0.251 e. The van der Waals surface area contributed by atoms with Gasteiger partial charge in [-0.05, 0) is 44.0 Å². The molecule has 1 aromatic heterocycles. The van der Waals surface area contributed by atoms with Gasteiger partial charge in [-0.25, -0.2) is 0 Å². The Morgan fingerprint density at radius 2 is 1.85 bits per heavy atom. The first-order valence-electron chi connectivity index (χ1n) is 9.26. The van der Waals surface area contributed by atoms with Gasteiger partial charge in [-0.15, -0.1) is 0 Å². The highest BCUT2D eigenvalue weighted by Crippen LogP contribution is 2.22. The Morgan fingerprint density at radius 3 is 2.42 bits per heavy atom. The quantitative estimate of drug-likeness (QED) is 0.897. The van der Waals surface area contributed by atoms with Crippen molar-refractivity contribution in [2.45, 2.75) is 26.8 Å². The Hall–Kier alpha value is -2.11. The van der Waals surface area contributed by atoms with Crippen LogP contribution in [0.15, 0.2) is 30.5 Å². The molecule has 0 unspecified atom stereocenters. The summed E-state index contributed by atoms with van der Waals surface area (Å²) in [6.45, 7) is 9.91. The van der Waals surface area contributed by atoms with E-state index in [9.17, 15) is 4.79 Å². The average molecular weight is 355 g/mol. The van der Waals surface area contributed by atoms with Crippen LogP contribution < -0.4 is 5.32 Å². The first-order valence-corrected chi connectivity index (χ1v) is 9.26. The molecule has 0 saturated carbocycles. The Labute approximate surface area is 156 Å². The predicted octanol–water partition coefficient (Wildman–Crippen LogP) is 2.75. The van der Waals surface area contributed by atoms with E-state index in [0.29, 0.717) is 6.54 Å². The molecule has 140 valence electrons. The fourth-order valence-corrected chi connectivity index (χ4v) is 3.95. The number of nitrogens with one attached hydrogen (secondary N) is 1. The summed E-state index contributed by atoms with van der Waals surface area (Å²) >= 11 is 0. The molecular formula is C21H29N3O2. The van der Waals surface area contributed by atoms with Crippen molar-refractivity contribution in [2.24, 2.45) is 7.05 Å².